The Balaban J connectivity index is 1.48. The molecule has 1 aromatic heterocycles. The number of hydrogen-bond donors (Lipinski definition) is 1. The fraction of sp³-hybridized carbons (Fsp3) is 0.308. The van der Waals surface area contributed by atoms with Gasteiger partial charge in [-0.3, -0.25) is 4.79 Å². The van der Waals surface area contributed by atoms with Crippen LogP contribution in [0, 0.1) is 5.92 Å². The largest absolute Gasteiger partial charge is 0.378 e. The second-order valence-electron chi connectivity index (χ2n) is 8.62. The molecule has 2 aromatic carbocycles. The first-order valence-electron chi connectivity index (χ1n) is 11.4. The van der Waals surface area contributed by atoms with Crippen molar-refractivity contribution in [1.82, 2.24) is 5.32 Å². The number of thiophene rings is 1. The Morgan fingerprint density at radius 2 is 1.86 bits per heavy atom. The first-order chi connectivity index (χ1) is 17.0. The van der Waals surface area contributed by atoms with Crippen molar-refractivity contribution in [3.63, 3.8) is 0 Å². The van der Waals surface area contributed by atoms with Crippen molar-refractivity contribution in [2.45, 2.75) is 22.1 Å². The van der Waals surface area contributed by atoms with Crippen LogP contribution in [0.5, 0.6) is 0 Å². The zero-order valence-corrected chi connectivity index (χ0v) is 21.9. The first-order valence-corrected chi connectivity index (χ1v) is 13.9. The second-order valence-corrected chi connectivity index (χ2v) is 11.5. The van der Waals surface area contributed by atoms with Crippen LogP contribution in [-0.4, -0.2) is 43.7 Å². The van der Waals surface area contributed by atoms with Crippen molar-refractivity contribution in [2.24, 2.45) is 5.92 Å². The van der Waals surface area contributed by atoms with Crippen LogP contribution in [0.1, 0.15) is 17.5 Å². The monoisotopic (exact) mass is 546 g/mol. The van der Waals surface area contributed by atoms with E-state index >= 15 is 0 Å². The van der Waals surface area contributed by atoms with Gasteiger partial charge in [0.15, 0.2) is 0 Å². The van der Waals surface area contributed by atoms with Gasteiger partial charge in [-0.1, -0.05) is 35.3 Å². The Morgan fingerprint density at radius 1 is 1.09 bits per heavy atom. The number of aldehydes is 1. The summed E-state index contributed by atoms with van der Waals surface area (Å²) < 4.78 is 5.47. The van der Waals surface area contributed by atoms with Crippen LogP contribution in [0.4, 0.5) is 5.69 Å². The smallest absolute Gasteiger partial charge is 0.234 e. The normalized spacial score (nSPS) is 24.7. The molecule has 0 aliphatic carbocycles. The summed E-state index contributed by atoms with van der Waals surface area (Å²) >= 11 is 15.4. The van der Waals surface area contributed by atoms with Gasteiger partial charge in [0.05, 0.1) is 23.5 Å². The van der Waals surface area contributed by atoms with E-state index in [9.17, 15) is 9.59 Å². The summed E-state index contributed by atoms with van der Waals surface area (Å²) in [6.07, 6.45) is 1.35. The van der Waals surface area contributed by atoms with Crippen molar-refractivity contribution < 1.29 is 14.3 Å². The Kier molecular flexibility index (Phi) is 7.42. The van der Waals surface area contributed by atoms with Gasteiger partial charge in [0.2, 0.25) is 5.91 Å². The van der Waals surface area contributed by atoms with Gasteiger partial charge in [-0.05, 0) is 64.7 Å². The number of benzene rings is 2. The molecule has 182 valence electrons. The van der Waals surface area contributed by atoms with Crippen molar-refractivity contribution in [1.29, 1.82) is 0 Å². The standard InChI is InChI=1S/C26H24Cl2N2O3S2/c27-20-3-6-22(28)23(14-20)35-24-13-19(15-31)26(29-25(24)32,18-7-12-34-16-18)17-1-4-21(5-2-17)30-8-10-33-11-9-30/h1-7,12,14-16,19,24H,8-11,13H2,(H,29,32)/t19?,24?,26-/m0/s1. The third-order valence-electron chi connectivity index (χ3n) is 6.64. The predicted molar refractivity (Wildman–Crippen MR) is 143 cm³/mol. The number of thioether (sulfide) groups is 1. The van der Waals surface area contributed by atoms with Crippen LogP contribution in [-0.2, 0) is 19.9 Å². The Hall–Kier alpha value is -2.03. The lowest BCUT2D eigenvalue weighted by atomic mass is 9.70. The summed E-state index contributed by atoms with van der Waals surface area (Å²) in [5.74, 6) is -0.591. The molecule has 35 heavy (non-hydrogen) atoms. The molecule has 3 heterocycles. The lowest BCUT2D eigenvalue weighted by Gasteiger charge is -2.45. The van der Waals surface area contributed by atoms with E-state index in [1.807, 2.05) is 29.0 Å². The van der Waals surface area contributed by atoms with E-state index in [0.717, 1.165) is 41.1 Å². The maximum atomic E-state index is 13.5. The summed E-state index contributed by atoms with van der Waals surface area (Å²) in [6.45, 7) is 3.10. The molecule has 3 aromatic rings. The van der Waals surface area contributed by atoms with Crippen LogP contribution in [0.3, 0.4) is 0 Å². The minimum Gasteiger partial charge on any atom is -0.378 e. The number of anilines is 1. The molecule has 3 atom stereocenters. The zero-order chi connectivity index (χ0) is 24.4. The van der Waals surface area contributed by atoms with Crippen molar-refractivity contribution in [3.8, 4) is 0 Å². The molecule has 0 radical (unpaired) electrons. The van der Waals surface area contributed by atoms with Gasteiger partial charge in [-0.15, -0.1) is 11.8 Å². The number of piperidine rings is 1. The zero-order valence-electron chi connectivity index (χ0n) is 18.8. The number of halogens is 2. The van der Waals surface area contributed by atoms with Gasteiger partial charge in [0.1, 0.15) is 11.8 Å². The van der Waals surface area contributed by atoms with Gasteiger partial charge < -0.3 is 19.7 Å². The number of carbonyl (C=O) groups is 2. The highest BCUT2D eigenvalue weighted by molar-refractivity contribution is 8.00. The summed E-state index contributed by atoms with van der Waals surface area (Å²) in [5.41, 5.74) is 1.97. The first kappa shape index (κ1) is 24.7. The Bertz CT molecular complexity index is 1200. The molecule has 2 aliphatic heterocycles. The quantitative estimate of drug-likeness (QED) is 0.406. The molecule has 5 nitrogen and oxygen atoms in total. The minimum absolute atomic E-state index is 0.132. The van der Waals surface area contributed by atoms with E-state index < -0.39 is 16.7 Å². The van der Waals surface area contributed by atoms with Gasteiger partial charge in [-0.25, -0.2) is 0 Å². The lowest BCUT2D eigenvalue weighted by molar-refractivity contribution is -0.127. The molecule has 1 N–H and O–H groups in total. The van der Waals surface area contributed by atoms with Gasteiger partial charge in [-0.2, -0.15) is 11.3 Å². The molecule has 2 saturated heterocycles. The van der Waals surface area contributed by atoms with E-state index in [0.29, 0.717) is 29.7 Å². The summed E-state index contributed by atoms with van der Waals surface area (Å²) in [5, 5.41) is 7.85. The summed E-state index contributed by atoms with van der Waals surface area (Å²) in [7, 11) is 0. The second kappa shape index (κ2) is 10.5. The molecule has 2 fully saturated rings. The van der Waals surface area contributed by atoms with Gasteiger partial charge >= 0.3 is 0 Å². The maximum absolute atomic E-state index is 13.5. The predicted octanol–water partition coefficient (Wildman–Crippen LogP) is 5.63. The minimum atomic E-state index is -0.933. The van der Waals surface area contributed by atoms with Gasteiger partial charge in [0, 0.05) is 34.6 Å². The highest BCUT2D eigenvalue weighted by Gasteiger charge is 2.50. The molecule has 2 unspecified atom stereocenters. The Morgan fingerprint density at radius 3 is 2.54 bits per heavy atom. The molecule has 9 heteroatoms. The number of rotatable bonds is 6. The SMILES string of the molecule is O=CC1CC(Sc2cc(Cl)ccc2Cl)C(=O)N[C@@]1(c1ccc(N2CCOCC2)cc1)c1ccsc1. The summed E-state index contributed by atoms with van der Waals surface area (Å²) in [4.78, 5) is 29.1. The number of hydrogen-bond acceptors (Lipinski definition) is 6. The molecular formula is C26H24Cl2N2O3S2. The van der Waals surface area contributed by atoms with Crippen molar-refractivity contribution in [2.75, 3.05) is 31.2 Å². The van der Waals surface area contributed by atoms with E-state index in [1.165, 1.54) is 11.8 Å². The summed E-state index contributed by atoms with van der Waals surface area (Å²) in [6, 6.07) is 15.4. The third kappa shape index (κ3) is 4.85. The number of nitrogens with zero attached hydrogens (tertiary/aromatic N) is 1. The number of nitrogens with one attached hydrogen (secondary N) is 1. The maximum Gasteiger partial charge on any atom is 0.234 e. The molecule has 2 aliphatic rings. The Labute approximate surface area is 222 Å². The number of amides is 1. The third-order valence-corrected chi connectivity index (χ3v) is 9.28. The fourth-order valence-corrected chi connectivity index (χ4v) is 7.20. The molecular weight excluding hydrogens is 523 g/mol. The van der Waals surface area contributed by atoms with Crippen LogP contribution in [0.15, 0.2) is 64.2 Å². The fourth-order valence-electron chi connectivity index (χ4n) is 4.85. The van der Waals surface area contributed by atoms with E-state index in [1.54, 1.807) is 29.5 Å². The molecule has 0 spiro atoms. The van der Waals surface area contributed by atoms with E-state index in [-0.39, 0.29) is 5.91 Å². The van der Waals surface area contributed by atoms with Crippen LogP contribution < -0.4 is 10.2 Å². The molecule has 5 rings (SSSR count). The molecule has 0 bridgehead atoms. The number of carbonyl (C=O) groups excluding carboxylic acids is 2. The average Bonchev–Trinajstić information content (AvgIpc) is 3.43. The average molecular weight is 548 g/mol. The van der Waals surface area contributed by atoms with Crippen LogP contribution in [0.2, 0.25) is 10.0 Å². The molecule has 0 saturated carbocycles. The highest BCUT2D eigenvalue weighted by atomic mass is 35.5. The topological polar surface area (TPSA) is 58.6 Å². The number of morpholine rings is 1. The van der Waals surface area contributed by atoms with E-state index in [2.05, 4.69) is 22.3 Å². The van der Waals surface area contributed by atoms with Crippen molar-refractivity contribution >= 4 is 64.2 Å². The highest BCUT2D eigenvalue weighted by Crippen LogP contribution is 2.46. The van der Waals surface area contributed by atoms with Crippen LogP contribution >= 0.6 is 46.3 Å². The lowest BCUT2D eigenvalue weighted by Crippen LogP contribution is -2.59. The van der Waals surface area contributed by atoms with E-state index in [4.69, 9.17) is 27.9 Å². The van der Waals surface area contributed by atoms with Crippen molar-refractivity contribution in [3.05, 3.63) is 80.5 Å². The van der Waals surface area contributed by atoms with Crippen LogP contribution in [0.25, 0.3) is 0 Å². The molecule has 1 amide bonds. The number of ether oxygens (including phenoxy) is 1. The van der Waals surface area contributed by atoms with Gasteiger partial charge in [0.25, 0.3) is 0 Å².